The number of para-hydroxylation sites is 1. The van der Waals surface area contributed by atoms with E-state index < -0.39 is 0 Å². The zero-order valence-corrected chi connectivity index (χ0v) is 11.0. The highest BCUT2D eigenvalue weighted by Crippen LogP contribution is 2.05. The van der Waals surface area contributed by atoms with Crippen LogP contribution in [0.4, 0.5) is 5.69 Å². The van der Waals surface area contributed by atoms with E-state index in [0.29, 0.717) is 6.54 Å². The first kappa shape index (κ1) is 13.3. The molecule has 1 atom stereocenters. The second kappa shape index (κ2) is 6.71. The molecule has 0 spiro atoms. The van der Waals surface area contributed by atoms with Gasteiger partial charge >= 0.3 is 0 Å². The summed E-state index contributed by atoms with van der Waals surface area (Å²) in [6.07, 6.45) is 0. The number of hydrogen-bond donors (Lipinski definition) is 2. The lowest BCUT2D eigenvalue weighted by atomic mass is 10.2. The first-order chi connectivity index (χ1) is 9.25. The fourth-order valence-electron chi connectivity index (χ4n) is 1.73. The number of amides is 1. The Morgan fingerprint density at radius 1 is 1.00 bits per heavy atom. The van der Waals surface area contributed by atoms with Gasteiger partial charge in [0.05, 0.1) is 6.04 Å². The Morgan fingerprint density at radius 3 is 2.21 bits per heavy atom. The molecule has 0 saturated carbocycles. The van der Waals surface area contributed by atoms with Crippen molar-refractivity contribution in [2.24, 2.45) is 0 Å². The molecule has 0 aliphatic carbocycles. The second-order valence-corrected chi connectivity index (χ2v) is 4.44. The second-order valence-electron chi connectivity index (χ2n) is 4.44. The van der Waals surface area contributed by atoms with Crippen molar-refractivity contribution in [2.45, 2.75) is 19.5 Å². The minimum absolute atomic E-state index is 0.0258. The number of carbonyl (C=O) groups excluding carboxylic acids is 1. The Bertz CT molecular complexity index is 511. The average molecular weight is 254 g/mol. The van der Waals surface area contributed by atoms with E-state index in [1.165, 1.54) is 5.56 Å². The molecule has 0 saturated heterocycles. The van der Waals surface area contributed by atoms with Crippen LogP contribution in [0.15, 0.2) is 60.7 Å². The van der Waals surface area contributed by atoms with Gasteiger partial charge in [-0.3, -0.25) is 4.79 Å². The summed E-state index contributed by atoms with van der Waals surface area (Å²) in [6.45, 7) is 2.55. The smallest absolute Gasteiger partial charge is 0.241 e. The highest BCUT2D eigenvalue weighted by atomic mass is 16.2. The summed E-state index contributed by atoms with van der Waals surface area (Å²) < 4.78 is 0. The van der Waals surface area contributed by atoms with E-state index in [-0.39, 0.29) is 11.9 Å². The first-order valence-electron chi connectivity index (χ1n) is 6.39. The number of benzene rings is 2. The van der Waals surface area contributed by atoms with Gasteiger partial charge in [0, 0.05) is 12.2 Å². The van der Waals surface area contributed by atoms with E-state index in [9.17, 15) is 4.79 Å². The Kier molecular flexibility index (Phi) is 4.70. The summed E-state index contributed by atoms with van der Waals surface area (Å²) in [5.41, 5.74) is 1.99. The van der Waals surface area contributed by atoms with E-state index in [2.05, 4.69) is 10.6 Å². The molecule has 1 amide bonds. The Morgan fingerprint density at radius 2 is 1.58 bits per heavy atom. The highest BCUT2D eigenvalue weighted by molar-refractivity contribution is 5.94. The Balaban J connectivity index is 1.83. The molecular formula is C16H18N2O. The fraction of sp³-hybridized carbons (Fsp3) is 0.188. The van der Waals surface area contributed by atoms with Crippen LogP contribution in [0.2, 0.25) is 0 Å². The van der Waals surface area contributed by atoms with Gasteiger partial charge in [0.2, 0.25) is 5.91 Å². The molecule has 3 nitrogen and oxygen atoms in total. The molecule has 0 aromatic heterocycles. The molecular weight excluding hydrogens is 236 g/mol. The number of anilines is 1. The fourth-order valence-corrected chi connectivity index (χ4v) is 1.73. The lowest BCUT2D eigenvalue weighted by molar-refractivity contribution is -0.117. The molecule has 0 unspecified atom stereocenters. The van der Waals surface area contributed by atoms with Crippen molar-refractivity contribution >= 4 is 11.6 Å². The molecule has 2 aromatic rings. The molecule has 0 radical (unpaired) electrons. The van der Waals surface area contributed by atoms with Crippen LogP contribution in [0.3, 0.4) is 0 Å². The summed E-state index contributed by atoms with van der Waals surface area (Å²) >= 11 is 0. The molecule has 2 aromatic carbocycles. The van der Waals surface area contributed by atoms with Crippen LogP contribution < -0.4 is 10.6 Å². The third kappa shape index (κ3) is 4.23. The number of carbonyl (C=O) groups is 1. The van der Waals surface area contributed by atoms with E-state index in [1.54, 1.807) is 0 Å². The molecule has 0 aliphatic heterocycles. The molecule has 0 aliphatic rings. The van der Waals surface area contributed by atoms with Gasteiger partial charge < -0.3 is 10.6 Å². The molecule has 2 N–H and O–H groups in total. The van der Waals surface area contributed by atoms with Gasteiger partial charge in [0.1, 0.15) is 0 Å². The van der Waals surface area contributed by atoms with Gasteiger partial charge in [-0.25, -0.2) is 0 Å². The van der Waals surface area contributed by atoms with Crippen LogP contribution in [0.1, 0.15) is 12.5 Å². The third-order valence-electron chi connectivity index (χ3n) is 2.89. The average Bonchev–Trinajstić information content (AvgIpc) is 2.47. The largest absolute Gasteiger partial charge is 0.325 e. The number of nitrogens with one attached hydrogen (secondary N) is 2. The topological polar surface area (TPSA) is 41.1 Å². The van der Waals surface area contributed by atoms with E-state index in [0.717, 1.165) is 5.69 Å². The van der Waals surface area contributed by atoms with Crippen LogP contribution in [-0.4, -0.2) is 11.9 Å². The van der Waals surface area contributed by atoms with Crippen molar-refractivity contribution in [1.82, 2.24) is 5.32 Å². The van der Waals surface area contributed by atoms with Gasteiger partial charge in [0.25, 0.3) is 0 Å². The molecule has 0 heterocycles. The molecule has 3 heteroatoms. The van der Waals surface area contributed by atoms with E-state index in [4.69, 9.17) is 0 Å². The number of hydrogen-bond acceptors (Lipinski definition) is 2. The van der Waals surface area contributed by atoms with Gasteiger partial charge in [-0.05, 0) is 24.6 Å². The third-order valence-corrected chi connectivity index (χ3v) is 2.89. The van der Waals surface area contributed by atoms with Gasteiger partial charge in [-0.15, -0.1) is 0 Å². The summed E-state index contributed by atoms with van der Waals surface area (Å²) in [5, 5.41) is 6.08. The molecule has 19 heavy (non-hydrogen) atoms. The van der Waals surface area contributed by atoms with Crippen molar-refractivity contribution < 1.29 is 4.79 Å². The normalized spacial score (nSPS) is 11.8. The first-order valence-corrected chi connectivity index (χ1v) is 6.39. The maximum absolute atomic E-state index is 12.0. The quantitative estimate of drug-likeness (QED) is 0.861. The highest BCUT2D eigenvalue weighted by Gasteiger charge is 2.11. The monoisotopic (exact) mass is 254 g/mol. The molecule has 2 rings (SSSR count). The zero-order chi connectivity index (χ0) is 13.5. The van der Waals surface area contributed by atoms with Gasteiger partial charge in [0.15, 0.2) is 0 Å². The van der Waals surface area contributed by atoms with Crippen LogP contribution >= 0.6 is 0 Å². The number of rotatable bonds is 5. The Hall–Kier alpha value is -2.13. The van der Waals surface area contributed by atoms with Crippen LogP contribution in [0, 0.1) is 0 Å². The van der Waals surface area contributed by atoms with Crippen LogP contribution in [0.5, 0.6) is 0 Å². The predicted octanol–water partition coefficient (Wildman–Crippen LogP) is 2.80. The predicted molar refractivity (Wildman–Crippen MR) is 77.8 cm³/mol. The SMILES string of the molecule is C[C@H](NCc1ccccc1)C(=O)Nc1ccccc1. The summed E-state index contributed by atoms with van der Waals surface area (Å²) in [5.74, 6) is -0.0258. The van der Waals surface area contributed by atoms with Gasteiger partial charge in [-0.1, -0.05) is 48.5 Å². The summed E-state index contributed by atoms with van der Waals surface area (Å²) in [7, 11) is 0. The zero-order valence-electron chi connectivity index (χ0n) is 11.0. The Labute approximate surface area is 113 Å². The van der Waals surface area contributed by atoms with Gasteiger partial charge in [-0.2, -0.15) is 0 Å². The lowest BCUT2D eigenvalue weighted by Gasteiger charge is -2.14. The van der Waals surface area contributed by atoms with Crippen LogP contribution in [-0.2, 0) is 11.3 Å². The van der Waals surface area contributed by atoms with Crippen molar-refractivity contribution in [3.8, 4) is 0 Å². The maximum Gasteiger partial charge on any atom is 0.241 e. The van der Waals surface area contributed by atoms with Crippen molar-refractivity contribution in [3.63, 3.8) is 0 Å². The molecule has 98 valence electrons. The minimum atomic E-state index is -0.236. The summed E-state index contributed by atoms with van der Waals surface area (Å²) in [6, 6.07) is 19.3. The van der Waals surface area contributed by atoms with Crippen molar-refractivity contribution in [1.29, 1.82) is 0 Å². The van der Waals surface area contributed by atoms with Crippen molar-refractivity contribution in [3.05, 3.63) is 66.2 Å². The standard InChI is InChI=1S/C16H18N2O/c1-13(17-12-14-8-4-2-5-9-14)16(19)18-15-10-6-3-7-11-15/h2-11,13,17H,12H2,1H3,(H,18,19)/t13-/m0/s1. The van der Waals surface area contributed by atoms with E-state index in [1.807, 2.05) is 67.6 Å². The van der Waals surface area contributed by atoms with E-state index >= 15 is 0 Å². The molecule has 0 fully saturated rings. The lowest BCUT2D eigenvalue weighted by Crippen LogP contribution is -2.37. The molecule has 0 bridgehead atoms. The van der Waals surface area contributed by atoms with Crippen LogP contribution in [0.25, 0.3) is 0 Å². The summed E-state index contributed by atoms with van der Waals surface area (Å²) in [4.78, 5) is 12.0. The minimum Gasteiger partial charge on any atom is -0.325 e. The maximum atomic E-state index is 12.0. The van der Waals surface area contributed by atoms with Crippen molar-refractivity contribution in [2.75, 3.05) is 5.32 Å².